The number of ether oxygens (including phenoxy) is 10. The summed E-state index contributed by atoms with van der Waals surface area (Å²) in [5.41, 5.74) is 0. The number of nitrogens with one attached hydrogen (secondary N) is 1. The zero-order valence-corrected chi connectivity index (χ0v) is 54.5. The van der Waals surface area contributed by atoms with E-state index in [4.69, 9.17) is 56.4 Å². The van der Waals surface area contributed by atoms with Gasteiger partial charge in [-0.25, -0.2) is 4.57 Å². The molecule has 2 atom stereocenters. The molecule has 1 aliphatic heterocycles. The Morgan fingerprint density at radius 3 is 1.12 bits per heavy atom. The monoisotopic (exact) mass is 1250 g/mol. The Hall–Kier alpha value is -2.92. The fourth-order valence-corrected chi connectivity index (χ4v) is 9.92. The number of hydrogen-bond donors (Lipinski definition) is 2. The molecule has 1 aliphatic rings. The van der Waals surface area contributed by atoms with Crippen molar-refractivity contribution in [1.29, 1.82) is 0 Å². The summed E-state index contributed by atoms with van der Waals surface area (Å²) in [5.74, 6) is -1.90. The number of rotatable bonds is 69. The van der Waals surface area contributed by atoms with E-state index >= 15 is 0 Å². The molecular formula is C64H119N2O19P. The highest BCUT2D eigenvalue weighted by atomic mass is 31.2. The molecule has 0 aromatic carbocycles. The number of carbonyl (C=O) groups is 5. The first-order valence-electron chi connectivity index (χ1n) is 33.5. The maximum absolute atomic E-state index is 12.9. The largest absolute Gasteiger partial charge is 0.472 e. The zero-order valence-electron chi connectivity index (χ0n) is 53.6. The topological polar surface area (TPSA) is 249 Å². The van der Waals surface area contributed by atoms with Crippen LogP contribution >= 0.6 is 7.82 Å². The number of hydrogen-bond acceptors (Lipinski definition) is 18. The Bertz CT molecular complexity index is 1660. The van der Waals surface area contributed by atoms with Crippen molar-refractivity contribution in [3.8, 4) is 0 Å². The average Bonchev–Trinajstić information content (AvgIpc) is 4.10. The van der Waals surface area contributed by atoms with Crippen LogP contribution in [0.1, 0.15) is 226 Å². The second-order valence-electron chi connectivity index (χ2n) is 22.0. The first-order valence-corrected chi connectivity index (χ1v) is 35.0. The van der Waals surface area contributed by atoms with E-state index in [1.165, 1.54) is 153 Å². The Balaban J connectivity index is 2.15. The quantitative estimate of drug-likeness (QED) is 0.0249. The van der Waals surface area contributed by atoms with Gasteiger partial charge in [0.25, 0.3) is 11.8 Å². The minimum atomic E-state index is -4.62. The molecule has 0 fully saturated rings. The molecule has 22 heteroatoms. The highest BCUT2D eigenvalue weighted by molar-refractivity contribution is 7.47. The van der Waals surface area contributed by atoms with Crippen molar-refractivity contribution >= 4 is 37.5 Å². The molecule has 2 unspecified atom stereocenters. The first kappa shape index (κ1) is 81.1. The second kappa shape index (κ2) is 62.3. The average molecular weight is 1250 g/mol. The van der Waals surface area contributed by atoms with E-state index in [0.29, 0.717) is 98.7 Å². The maximum atomic E-state index is 12.9. The number of carbonyl (C=O) groups excluding carboxylic acids is 5. The molecule has 0 saturated heterocycles. The predicted molar refractivity (Wildman–Crippen MR) is 332 cm³/mol. The van der Waals surface area contributed by atoms with Gasteiger partial charge in [-0.3, -0.25) is 37.9 Å². The van der Waals surface area contributed by atoms with Crippen LogP contribution < -0.4 is 5.32 Å². The molecule has 0 spiro atoms. The van der Waals surface area contributed by atoms with Crippen molar-refractivity contribution in [2.75, 3.05) is 139 Å². The van der Waals surface area contributed by atoms with Gasteiger partial charge in [-0.2, -0.15) is 0 Å². The summed E-state index contributed by atoms with van der Waals surface area (Å²) in [7, 11) is -4.62. The van der Waals surface area contributed by atoms with Gasteiger partial charge in [0, 0.05) is 38.0 Å². The van der Waals surface area contributed by atoms with Crippen molar-refractivity contribution in [3.63, 3.8) is 0 Å². The molecule has 0 radical (unpaired) electrons. The summed E-state index contributed by atoms with van der Waals surface area (Å²) in [6.45, 7) is 9.33. The summed E-state index contributed by atoms with van der Waals surface area (Å²) in [6, 6.07) is 0. The molecule has 0 aromatic rings. The SMILES string of the molecule is CCCCCCCCCCCCCCCCCC(=O)OCC(COP(=O)(O)OCCNC(=O)CCOCCOCCOCCOCCOCCOCCOCCOCCN1C(=O)C=CC1=O)OC(=O)CCCCCCCCCCCCCCCCC. The van der Waals surface area contributed by atoms with E-state index in [2.05, 4.69) is 19.2 Å². The van der Waals surface area contributed by atoms with Gasteiger partial charge in [-0.05, 0) is 12.8 Å². The van der Waals surface area contributed by atoms with Crippen LogP contribution in [0, 0.1) is 0 Å². The molecular weight excluding hydrogens is 1130 g/mol. The lowest BCUT2D eigenvalue weighted by Crippen LogP contribution is -2.33. The van der Waals surface area contributed by atoms with Gasteiger partial charge in [0.15, 0.2) is 6.10 Å². The lowest BCUT2D eigenvalue weighted by Gasteiger charge is -2.20. The molecule has 0 bridgehead atoms. The lowest BCUT2D eigenvalue weighted by atomic mass is 10.0. The summed E-state index contributed by atoms with van der Waals surface area (Å²) in [5, 5.41) is 2.61. The van der Waals surface area contributed by atoms with Crippen LogP contribution in [-0.4, -0.2) is 184 Å². The van der Waals surface area contributed by atoms with E-state index in [1.54, 1.807) is 0 Å². The third kappa shape index (κ3) is 56.3. The van der Waals surface area contributed by atoms with Crippen molar-refractivity contribution < 1.29 is 89.8 Å². The third-order valence-electron chi connectivity index (χ3n) is 14.2. The molecule has 2 N–H and O–H groups in total. The first-order chi connectivity index (χ1) is 42.1. The normalized spacial score (nSPS) is 13.5. The third-order valence-corrected chi connectivity index (χ3v) is 15.2. The summed E-state index contributed by atoms with van der Waals surface area (Å²) < 4.78 is 77.8. The van der Waals surface area contributed by atoms with Crippen LogP contribution in [0.15, 0.2) is 12.2 Å². The van der Waals surface area contributed by atoms with Gasteiger partial charge < -0.3 is 57.6 Å². The van der Waals surface area contributed by atoms with Crippen LogP contribution in [-0.2, 0) is 85.0 Å². The highest BCUT2D eigenvalue weighted by Crippen LogP contribution is 2.43. The van der Waals surface area contributed by atoms with Crippen molar-refractivity contribution in [3.05, 3.63) is 12.2 Å². The van der Waals surface area contributed by atoms with Gasteiger partial charge in [-0.1, -0.05) is 194 Å². The Morgan fingerprint density at radius 1 is 0.419 bits per heavy atom. The smallest absolute Gasteiger partial charge is 0.462 e. The van der Waals surface area contributed by atoms with Gasteiger partial charge in [0.1, 0.15) is 6.61 Å². The molecule has 0 saturated carbocycles. The van der Waals surface area contributed by atoms with E-state index in [9.17, 15) is 33.4 Å². The van der Waals surface area contributed by atoms with Crippen LogP contribution in [0.3, 0.4) is 0 Å². The summed E-state index contributed by atoms with van der Waals surface area (Å²) in [4.78, 5) is 72.4. The van der Waals surface area contributed by atoms with Gasteiger partial charge in [-0.15, -0.1) is 0 Å². The Morgan fingerprint density at radius 2 is 0.744 bits per heavy atom. The van der Waals surface area contributed by atoms with Crippen molar-refractivity contribution in [2.24, 2.45) is 0 Å². The van der Waals surface area contributed by atoms with Crippen LogP contribution in [0.5, 0.6) is 0 Å². The number of phosphoric ester groups is 1. The standard InChI is InChI=1S/C64H119N2O19P/c1-3-5-7-9-11-13-15-17-19-21-23-25-27-29-31-33-63(70)82-57-59(85-64(71)34-32-30-28-26-24-22-20-18-16-14-12-10-8-6-4-2)58-84-86(72,73)83-41-38-65-60(67)37-40-74-43-45-76-47-49-78-51-53-80-55-56-81-54-52-79-50-48-77-46-44-75-42-39-66-61(68)35-36-62(66)69/h35-36,59H,3-34,37-58H2,1-2H3,(H,65,67)(H,72,73). The van der Waals surface area contributed by atoms with Gasteiger partial charge in [0.2, 0.25) is 5.91 Å². The number of unbranched alkanes of at least 4 members (excludes halogenated alkanes) is 28. The second-order valence-corrected chi connectivity index (χ2v) is 23.4. The highest BCUT2D eigenvalue weighted by Gasteiger charge is 2.26. The van der Waals surface area contributed by atoms with E-state index in [1.807, 2.05) is 0 Å². The Kier molecular flexibility index (Phi) is 58.7. The minimum Gasteiger partial charge on any atom is -0.462 e. The van der Waals surface area contributed by atoms with Gasteiger partial charge >= 0.3 is 19.8 Å². The van der Waals surface area contributed by atoms with Crippen LogP contribution in [0.4, 0.5) is 0 Å². The molecule has 0 aliphatic carbocycles. The van der Waals surface area contributed by atoms with E-state index in [0.717, 1.165) is 43.4 Å². The minimum absolute atomic E-state index is 0.0598. The molecule has 1 heterocycles. The lowest BCUT2D eigenvalue weighted by molar-refractivity contribution is -0.161. The number of esters is 2. The fraction of sp³-hybridized carbons (Fsp3) is 0.891. The summed E-state index contributed by atoms with van der Waals surface area (Å²) in [6.07, 6.45) is 38.3. The maximum Gasteiger partial charge on any atom is 0.472 e. The summed E-state index contributed by atoms with van der Waals surface area (Å²) >= 11 is 0. The molecule has 504 valence electrons. The van der Waals surface area contributed by atoms with E-state index in [-0.39, 0.29) is 83.1 Å². The van der Waals surface area contributed by atoms with Crippen LogP contribution in [0.25, 0.3) is 0 Å². The molecule has 86 heavy (non-hydrogen) atoms. The molecule has 21 nitrogen and oxygen atoms in total. The number of nitrogens with zero attached hydrogens (tertiary/aromatic N) is 1. The Labute approximate surface area is 518 Å². The number of imide groups is 1. The van der Waals surface area contributed by atoms with E-state index < -0.39 is 32.5 Å². The molecule has 3 amide bonds. The van der Waals surface area contributed by atoms with Crippen LogP contribution in [0.2, 0.25) is 0 Å². The van der Waals surface area contributed by atoms with Crippen molar-refractivity contribution in [2.45, 2.75) is 232 Å². The number of phosphoric acid groups is 1. The molecule has 1 rings (SSSR count). The fourth-order valence-electron chi connectivity index (χ4n) is 9.17. The number of amides is 3. The predicted octanol–water partition coefficient (Wildman–Crippen LogP) is 11.7. The van der Waals surface area contributed by atoms with Crippen molar-refractivity contribution in [1.82, 2.24) is 10.2 Å². The van der Waals surface area contributed by atoms with Gasteiger partial charge in [0.05, 0.1) is 125 Å². The zero-order chi connectivity index (χ0) is 62.3. The molecule has 0 aromatic heterocycles.